The summed E-state index contributed by atoms with van der Waals surface area (Å²) in [6.45, 7) is 4.15. The zero-order valence-corrected chi connectivity index (χ0v) is 11.8. The van der Waals surface area contributed by atoms with Crippen molar-refractivity contribution in [3.8, 4) is 22.3 Å². The standard InChI is InChI=1S/C19H17N/c1-14-11-19(13-20-15(14)2)18-10-6-9-17(12-18)16-7-4-3-5-8-16/h3-13H,1-2H3. The Morgan fingerprint density at radius 2 is 1.30 bits per heavy atom. The highest BCUT2D eigenvalue weighted by atomic mass is 14.7. The van der Waals surface area contributed by atoms with E-state index in [4.69, 9.17) is 0 Å². The Bertz CT molecular complexity index is 730. The van der Waals surface area contributed by atoms with Crippen LogP contribution in [0.5, 0.6) is 0 Å². The van der Waals surface area contributed by atoms with Gasteiger partial charge in [0.05, 0.1) is 0 Å². The number of pyridine rings is 1. The molecule has 0 aliphatic heterocycles. The second-order valence-corrected chi connectivity index (χ2v) is 5.07. The quantitative estimate of drug-likeness (QED) is 0.628. The Kier molecular flexibility index (Phi) is 3.34. The summed E-state index contributed by atoms with van der Waals surface area (Å²) in [5.41, 5.74) is 7.18. The number of benzene rings is 2. The number of rotatable bonds is 2. The molecule has 0 fully saturated rings. The minimum atomic E-state index is 1.09. The minimum absolute atomic E-state index is 1.09. The summed E-state index contributed by atoms with van der Waals surface area (Å²) in [7, 11) is 0. The van der Waals surface area contributed by atoms with Crippen LogP contribution in [0.2, 0.25) is 0 Å². The van der Waals surface area contributed by atoms with E-state index in [9.17, 15) is 0 Å². The highest BCUT2D eigenvalue weighted by Gasteiger charge is 2.03. The van der Waals surface area contributed by atoms with E-state index in [1.165, 1.54) is 27.8 Å². The van der Waals surface area contributed by atoms with Crippen molar-refractivity contribution in [1.82, 2.24) is 4.98 Å². The van der Waals surface area contributed by atoms with E-state index in [0.717, 1.165) is 5.69 Å². The molecule has 1 heteroatoms. The average molecular weight is 259 g/mol. The van der Waals surface area contributed by atoms with E-state index in [2.05, 4.69) is 66.5 Å². The first kappa shape index (κ1) is 12.6. The summed E-state index contributed by atoms with van der Waals surface area (Å²) in [6, 6.07) is 21.3. The number of hydrogen-bond acceptors (Lipinski definition) is 1. The van der Waals surface area contributed by atoms with Gasteiger partial charge in [0.1, 0.15) is 0 Å². The van der Waals surface area contributed by atoms with Gasteiger partial charge >= 0.3 is 0 Å². The number of hydrogen-bond donors (Lipinski definition) is 0. The van der Waals surface area contributed by atoms with Gasteiger partial charge < -0.3 is 0 Å². The predicted molar refractivity (Wildman–Crippen MR) is 84.6 cm³/mol. The first-order chi connectivity index (χ1) is 9.74. The molecule has 0 radical (unpaired) electrons. The van der Waals surface area contributed by atoms with E-state index in [1.807, 2.05) is 19.2 Å². The smallest absolute Gasteiger partial charge is 0.0402 e. The van der Waals surface area contributed by atoms with Crippen LogP contribution in [0.15, 0.2) is 66.9 Å². The summed E-state index contributed by atoms with van der Waals surface area (Å²) >= 11 is 0. The molecule has 0 unspecified atom stereocenters. The van der Waals surface area contributed by atoms with Gasteiger partial charge in [-0.3, -0.25) is 4.98 Å². The largest absolute Gasteiger partial charge is 0.261 e. The van der Waals surface area contributed by atoms with Crippen molar-refractivity contribution in [2.24, 2.45) is 0 Å². The van der Waals surface area contributed by atoms with Gasteiger partial charge in [-0.1, -0.05) is 48.5 Å². The highest BCUT2D eigenvalue weighted by Crippen LogP contribution is 2.26. The van der Waals surface area contributed by atoms with Crippen molar-refractivity contribution in [2.45, 2.75) is 13.8 Å². The molecule has 2 aromatic carbocycles. The Balaban J connectivity index is 2.05. The molecule has 0 bridgehead atoms. The summed E-state index contributed by atoms with van der Waals surface area (Å²) < 4.78 is 0. The van der Waals surface area contributed by atoms with Crippen LogP contribution in [0.3, 0.4) is 0 Å². The van der Waals surface area contributed by atoms with Crippen LogP contribution in [-0.4, -0.2) is 4.98 Å². The molecule has 98 valence electrons. The van der Waals surface area contributed by atoms with E-state index < -0.39 is 0 Å². The van der Waals surface area contributed by atoms with Gasteiger partial charge in [0.25, 0.3) is 0 Å². The van der Waals surface area contributed by atoms with Gasteiger partial charge in [-0.05, 0) is 48.2 Å². The van der Waals surface area contributed by atoms with E-state index in [1.54, 1.807) is 0 Å². The molecule has 0 aliphatic rings. The molecule has 1 heterocycles. The van der Waals surface area contributed by atoms with Gasteiger partial charge in [0.15, 0.2) is 0 Å². The molecule has 0 N–H and O–H groups in total. The fourth-order valence-electron chi connectivity index (χ4n) is 2.31. The Labute approximate surface area is 119 Å². The van der Waals surface area contributed by atoms with E-state index >= 15 is 0 Å². The number of aryl methyl sites for hydroxylation is 2. The average Bonchev–Trinajstić information content (AvgIpc) is 2.51. The van der Waals surface area contributed by atoms with Crippen molar-refractivity contribution >= 4 is 0 Å². The summed E-state index contributed by atoms with van der Waals surface area (Å²) in [4.78, 5) is 4.46. The van der Waals surface area contributed by atoms with E-state index in [0.29, 0.717) is 0 Å². The molecule has 20 heavy (non-hydrogen) atoms. The Morgan fingerprint density at radius 3 is 2.00 bits per heavy atom. The number of aromatic nitrogens is 1. The Hall–Kier alpha value is -2.41. The van der Waals surface area contributed by atoms with Crippen molar-refractivity contribution in [3.63, 3.8) is 0 Å². The molecule has 3 aromatic rings. The van der Waals surface area contributed by atoms with Crippen molar-refractivity contribution < 1.29 is 0 Å². The summed E-state index contributed by atoms with van der Waals surface area (Å²) in [6.07, 6.45) is 1.95. The monoisotopic (exact) mass is 259 g/mol. The first-order valence-electron chi connectivity index (χ1n) is 6.83. The van der Waals surface area contributed by atoms with Crippen LogP contribution < -0.4 is 0 Å². The second-order valence-electron chi connectivity index (χ2n) is 5.07. The fraction of sp³-hybridized carbons (Fsp3) is 0.105. The van der Waals surface area contributed by atoms with Crippen LogP contribution in [0.4, 0.5) is 0 Å². The molecule has 0 saturated carbocycles. The maximum atomic E-state index is 4.46. The summed E-state index contributed by atoms with van der Waals surface area (Å²) in [5.74, 6) is 0. The Morgan fingerprint density at radius 1 is 0.650 bits per heavy atom. The van der Waals surface area contributed by atoms with Crippen LogP contribution in [0, 0.1) is 13.8 Å². The lowest BCUT2D eigenvalue weighted by Gasteiger charge is -2.07. The molecule has 3 rings (SSSR count). The molecule has 0 amide bonds. The van der Waals surface area contributed by atoms with Crippen LogP contribution in [0.25, 0.3) is 22.3 Å². The molecular formula is C19H17N. The lowest BCUT2D eigenvalue weighted by atomic mass is 9.99. The van der Waals surface area contributed by atoms with Gasteiger partial charge in [-0.15, -0.1) is 0 Å². The van der Waals surface area contributed by atoms with Crippen molar-refractivity contribution in [1.29, 1.82) is 0 Å². The zero-order valence-electron chi connectivity index (χ0n) is 11.8. The first-order valence-corrected chi connectivity index (χ1v) is 6.83. The molecule has 1 nitrogen and oxygen atoms in total. The van der Waals surface area contributed by atoms with Crippen molar-refractivity contribution in [2.75, 3.05) is 0 Å². The number of nitrogens with zero attached hydrogens (tertiary/aromatic N) is 1. The normalized spacial score (nSPS) is 10.5. The van der Waals surface area contributed by atoms with Gasteiger partial charge in [0, 0.05) is 17.5 Å². The van der Waals surface area contributed by atoms with Gasteiger partial charge in [-0.25, -0.2) is 0 Å². The second kappa shape index (κ2) is 5.30. The van der Waals surface area contributed by atoms with Crippen LogP contribution in [-0.2, 0) is 0 Å². The third-order valence-corrected chi connectivity index (χ3v) is 3.64. The zero-order chi connectivity index (χ0) is 13.9. The fourth-order valence-corrected chi connectivity index (χ4v) is 2.31. The van der Waals surface area contributed by atoms with Crippen LogP contribution in [0.1, 0.15) is 11.3 Å². The molecule has 0 saturated heterocycles. The SMILES string of the molecule is Cc1cc(-c2cccc(-c3ccccc3)c2)cnc1C. The maximum absolute atomic E-state index is 4.46. The third kappa shape index (κ3) is 2.48. The lowest BCUT2D eigenvalue weighted by molar-refractivity contribution is 1.15. The minimum Gasteiger partial charge on any atom is -0.261 e. The molecular weight excluding hydrogens is 242 g/mol. The summed E-state index contributed by atoms with van der Waals surface area (Å²) in [5, 5.41) is 0. The topological polar surface area (TPSA) is 12.9 Å². The lowest BCUT2D eigenvalue weighted by Crippen LogP contribution is -1.88. The molecule has 0 spiro atoms. The van der Waals surface area contributed by atoms with Gasteiger partial charge in [-0.2, -0.15) is 0 Å². The molecule has 0 aliphatic carbocycles. The predicted octanol–water partition coefficient (Wildman–Crippen LogP) is 5.03. The maximum Gasteiger partial charge on any atom is 0.0402 e. The third-order valence-electron chi connectivity index (χ3n) is 3.64. The van der Waals surface area contributed by atoms with Crippen LogP contribution >= 0.6 is 0 Å². The van der Waals surface area contributed by atoms with Gasteiger partial charge in [0.2, 0.25) is 0 Å². The molecule has 1 aromatic heterocycles. The van der Waals surface area contributed by atoms with Crippen molar-refractivity contribution in [3.05, 3.63) is 78.1 Å². The highest BCUT2D eigenvalue weighted by molar-refractivity contribution is 5.72. The molecule has 0 atom stereocenters. The van der Waals surface area contributed by atoms with E-state index in [-0.39, 0.29) is 0 Å².